The van der Waals surface area contributed by atoms with Crippen LogP contribution in [-0.4, -0.2) is 52.9 Å². The second-order valence-electron chi connectivity index (χ2n) is 4.81. The topological polar surface area (TPSA) is 60.9 Å². The van der Waals surface area contributed by atoms with Crippen molar-refractivity contribution < 1.29 is 14.7 Å². The first-order valence-electron chi connectivity index (χ1n) is 6.52. The summed E-state index contributed by atoms with van der Waals surface area (Å²) in [5.41, 5.74) is 0.203. The van der Waals surface area contributed by atoms with Crippen molar-refractivity contribution in [2.45, 2.75) is 13.3 Å². The van der Waals surface area contributed by atoms with Gasteiger partial charge in [0.2, 0.25) is 5.91 Å². The van der Waals surface area contributed by atoms with E-state index in [1.807, 2.05) is 0 Å². The number of phenols is 1. The van der Waals surface area contributed by atoms with Crippen LogP contribution < -0.4 is 0 Å². The molecular weight excluding hydrogens is 280 g/mol. The molecule has 1 heterocycles. The lowest BCUT2D eigenvalue weighted by Gasteiger charge is -2.21. The van der Waals surface area contributed by atoms with E-state index in [-0.39, 0.29) is 23.1 Å². The number of hydrogen-bond acceptors (Lipinski definition) is 3. The zero-order valence-electron chi connectivity index (χ0n) is 11.3. The SMILES string of the molecule is CC(=O)N1CCCN(C(=O)c2cc(Cl)ccc2O)CC1. The summed E-state index contributed by atoms with van der Waals surface area (Å²) in [7, 11) is 0. The quantitative estimate of drug-likeness (QED) is 0.859. The van der Waals surface area contributed by atoms with Gasteiger partial charge in [-0.1, -0.05) is 11.6 Å². The number of carbonyl (C=O) groups is 2. The zero-order chi connectivity index (χ0) is 14.7. The van der Waals surface area contributed by atoms with Crippen LogP contribution in [0.3, 0.4) is 0 Å². The van der Waals surface area contributed by atoms with Crippen LogP contribution in [0, 0.1) is 0 Å². The molecule has 0 bridgehead atoms. The van der Waals surface area contributed by atoms with Gasteiger partial charge in [0.25, 0.3) is 5.91 Å². The average molecular weight is 297 g/mol. The van der Waals surface area contributed by atoms with Crippen molar-refractivity contribution in [2.75, 3.05) is 26.2 Å². The summed E-state index contributed by atoms with van der Waals surface area (Å²) in [6, 6.07) is 4.41. The van der Waals surface area contributed by atoms with E-state index in [4.69, 9.17) is 11.6 Å². The summed E-state index contributed by atoms with van der Waals surface area (Å²) in [6.45, 7) is 3.72. The Morgan fingerprint density at radius 2 is 1.80 bits per heavy atom. The number of rotatable bonds is 1. The minimum atomic E-state index is -0.254. The Bertz CT molecular complexity index is 533. The fourth-order valence-electron chi connectivity index (χ4n) is 2.29. The van der Waals surface area contributed by atoms with E-state index in [0.29, 0.717) is 31.2 Å². The Balaban J connectivity index is 2.13. The Morgan fingerprint density at radius 1 is 1.15 bits per heavy atom. The van der Waals surface area contributed by atoms with Crippen molar-refractivity contribution in [2.24, 2.45) is 0 Å². The van der Waals surface area contributed by atoms with Crippen molar-refractivity contribution in [1.82, 2.24) is 9.80 Å². The van der Waals surface area contributed by atoms with Gasteiger partial charge in [-0.05, 0) is 24.6 Å². The highest BCUT2D eigenvalue weighted by molar-refractivity contribution is 6.31. The highest BCUT2D eigenvalue weighted by atomic mass is 35.5. The third-order valence-electron chi connectivity index (χ3n) is 3.42. The summed E-state index contributed by atoms with van der Waals surface area (Å²) in [4.78, 5) is 27.1. The van der Waals surface area contributed by atoms with Crippen molar-refractivity contribution in [3.63, 3.8) is 0 Å². The fraction of sp³-hybridized carbons (Fsp3) is 0.429. The summed E-state index contributed by atoms with van der Waals surface area (Å²) in [5, 5.41) is 10.2. The molecule has 0 unspecified atom stereocenters. The molecule has 1 aromatic rings. The van der Waals surface area contributed by atoms with Crippen LogP contribution in [0.5, 0.6) is 5.75 Å². The summed E-state index contributed by atoms with van der Waals surface area (Å²) in [5.74, 6) is -0.313. The number of halogens is 1. The second kappa shape index (κ2) is 6.13. The van der Waals surface area contributed by atoms with Crippen LogP contribution in [-0.2, 0) is 4.79 Å². The van der Waals surface area contributed by atoms with Gasteiger partial charge in [0.05, 0.1) is 5.56 Å². The average Bonchev–Trinajstić information content (AvgIpc) is 2.66. The van der Waals surface area contributed by atoms with E-state index in [1.165, 1.54) is 25.1 Å². The van der Waals surface area contributed by atoms with Gasteiger partial charge >= 0.3 is 0 Å². The number of aromatic hydroxyl groups is 1. The normalized spacial score (nSPS) is 15.9. The number of phenolic OH excluding ortho intramolecular Hbond substituents is 1. The molecule has 2 amide bonds. The molecule has 1 aliphatic rings. The molecule has 1 aliphatic heterocycles. The maximum Gasteiger partial charge on any atom is 0.257 e. The largest absolute Gasteiger partial charge is 0.507 e. The Labute approximate surface area is 122 Å². The maximum absolute atomic E-state index is 12.4. The Kier molecular flexibility index (Phi) is 4.49. The van der Waals surface area contributed by atoms with Crippen molar-refractivity contribution in [3.05, 3.63) is 28.8 Å². The number of carbonyl (C=O) groups excluding carboxylic acids is 2. The molecule has 0 aliphatic carbocycles. The van der Waals surface area contributed by atoms with Crippen molar-refractivity contribution in [1.29, 1.82) is 0 Å². The maximum atomic E-state index is 12.4. The van der Waals surface area contributed by atoms with E-state index in [0.717, 1.165) is 6.42 Å². The van der Waals surface area contributed by atoms with E-state index >= 15 is 0 Å². The molecule has 1 N–H and O–H groups in total. The van der Waals surface area contributed by atoms with Crippen LogP contribution in [0.25, 0.3) is 0 Å². The summed E-state index contributed by atoms with van der Waals surface area (Å²) < 4.78 is 0. The van der Waals surface area contributed by atoms with Gasteiger partial charge in [-0.2, -0.15) is 0 Å². The third-order valence-corrected chi connectivity index (χ3v) is 3.65. The molecule has 1 aromatic carbocycles. The highest BCUT2D eigenvalue weighted by Crippen LogP contribution is 2.23. The lowest BCUT2D eigenvalue weighted by Crippen LogP contribution is -2.36. The smallest absolute Gasteiger partial charge is 0.257 e. The minimum absolute atomic E-state index is 0.0184. The molecule has 6 heteroatoms. The number of amides is 2. The van der Waals surface area contributed by atoms with Gasteiger partial charge in [0.15, 0.2) is 0 Å². The molecule has 0 radical (unpaired) electrons. The lowest BCUT2D eigenvalue weighted by atomic mass is 10.1. The lowest BCUT2D eigenvalue weighted by molar-refractivity contribution is -0.128. The van der Waals surface area contributed by atoms with Crippen LogP contribution in [0.4, 0.5) is 0 Å². The van der Waals surface area contributed by atoms with Gasteiger partial charge in [0.1, 0.15) is 5.75 Å². The predicted molar refractivity (Wildman–Crippen MR) is 75.9 cm³/mol. The fourth-order valence-corrected chi connectivity index (χ4v) is 2.46. The number of benzene rings is 1. The van der Waals surface area contributed by atoms with Gasteiger partial charge in [-0.25, -0.2) is 0 Å². The van der Waals surface area contributed by atoms with Gasteiger partial charge in [0, 0.05) is 38.1 Å². The molecule has 108 valence electrons. The summed E-state index contributed by atoms with van der Waals surface area (Å²) >= 11 is 5.86. The molecule has 0 atom stereocenters. The molecule has 1 saturated heterocycles. The zero-order valence-corrected chi connectivity index (χ0v) is 12.1. The third kappa shape index (κ3) is 3.22. The van der Waals surface area contributed by atoms with Crippen molar-refractivity contribution >= 4 is 23.4 Å². The molecule has 1 fully saturated rings. The Hall–Kier alpha value is -1.75. The Morgan fingerprint density at radius 3 is 2.50 bits per heavy atom. The van der Waals surface area contributed by atoms with Gasteiger partial charge < -0.3 is 14.9 Å². The van der Waals surface area contributed by atoms with Gasteiger partial charge in [-0.15, -0.1) is 0 Å². The van der Waals surface area contributed by atoms with Crippen LogP contribution >= 0.6 is 11.6 Å². The molecule has 20 heavy (non-hydrogen) atoms. The molecule has 0 saturated carbocycles. The van der Waals surface area contributed by atoms with E-state index < -0.39 is 0 Å². The second-order valence-corrected chi connectivity index (χ2v) is 5.25. The molecule has 0 aromatic heterocycles. The first kappa shape index (κ1) is 14.7. The monoisotopic (exact) mass is 296 g/mol. The van der Waals surface area contributed by atoms with Crippen molar-refractivity contribution in [3.8, 4) is 5.75 Å². The van der Waals surface area contributed by atoms with Crippen LogP contribution in [0.15, 0.2) is 18.2 Å². The summed E-state index contributed by atoms with van der Waals surface area (Å²) in [6.07, 6.45) is 0.729. The molecule has 5 nitrogen and oxygen atoms in total. The first-order chi connectivity index (χ1) is 9.49. The van der Waals surface area contributed by atoms with Gasteiger partial charge in [-0.3, -0.25) is 9.59 Å². The van der Waals surface area contributed by atoms with E-state index in [2.05, 4.69) is 0 Å². The van der Waals surface area contributed by atoms with E-state index in [1.54, 1.807) is 9.80 Å². The first-order valence-corrected chi connectivity index (χ1v) is 6.90. The predicted octanol–water partition coefficient (Wildman–Crippen LogP) is 1.74. The minimum Gasteiger partial charge on any atom is -0.507 e. The number of nitrogens with zero attached hydrogens (tertiary/aromatic N) is 2. The molecular formula is C14H17ClN2O3. The number of hydrogen-bond donors (Lipinski definition) is 1. The molecule has 0 spiro atoms. The highest BCUT2D eigenvalue weighted by Gasteiger charge is 2.23. The van der Waals surface area contributed by atoms with Crippen LogP contribution in [0.2, 0.25) is 5.02 Å². The standard InChI is InChI=1S/C14H17ClN2O3/c1-10(18)16-5-2-6-17(8-7-16)14(20)12-9-11(15)3-4-13(12)19/h3-4,9,19H,2,5-8H2,1H3. The molecule has 2 rings (SSSR count). The van der Waals surface area contributed by atoms with Crippen LogP contribution in [0.1, 0.15) is 23.7 Å². The van der Waals surface area contributed by atoms with E-state index in [9.17, 15) is 14.7 Å².